The second-order valence-corrected chi connectivity index (χ2v) is 7.34. The van der Waals surface area contributed by atoms with Crippen LogP contribution in [0.5, 0.6) is 0 Å². The van der Waals surface area contributed by atoms with E-state index in [4.69, 9.17) is 23.2 Å². The first-order valence-corrected chi connectivity index (χ1v) is 9.57. The summed E-state index contributed by atoms with van der Waals surface area (Å²) >= 11 is 13.2. The van der Waals surface area contributed by atoms with Crippen LogP contribution in [0, 0.1) is 0 Å². The third-order valence-electron chi connectivity index (χ3n) is 3.75. The van der Waals surface area contributed by atoms with E-state index in [-0.39, 0.29) is 11.9 Å². The molecule has 4 rings (SSSR count). The third kappa shape index (κ3) is 4.03. The summed E-state index contributed by atoms with van der Waals surface area (Å²) in [6, 6.07) is 14.7. The Kier molecular flexibility index (Phi) is 4.94. The molecule has 0 bridgehead atoms. The number of hydrogen-bond donors (Lipinski definition) is 1. The Balaban J connectivity index is 1.52. The first-order valence-electron chi connectivity index (χ1n) is 7.93. The number of carbonyl (C=O) groups excluding carboxylic acids is 1. The van der Waals surface area contributed by atoms with Crippen LogP contribution in [0.1, 0.15) is 5.56 Å². The molecule has 4 aromatic rings. The first-order chi connectivity index (χ1) is 13.1. The average Bonchev–Trinajstić information content (AvgIpc) is 3.22. The Morgan fingerprint density at radius 2 is 1.70 bits per heavy atom. The molecular weight excluding hydrogens is 403 g/mol. The predicted molar refractivity (Wildman–Crippen MR) is 110 cm³/mol. The zero-order valence-corrected chi connectivity index (χ0v) is 16.1. The van der Waals surface area contributed by atoms with E-state index in [2.05, 4.69) is 15.4 Å². The Morgan fingerprint density at radius 1 is 1.04 bits per heavy atom. The lowest BCUT2D eigenvalue weighted by Crippen LogP contribution is -2.09. The summed E-state index contributed by atoms with van der Waals surface area (Å²) < 4.78 is 1.70. The number of fused-ring (bicyclic) bond motifs is 1. The number of halogens is 2. The summed E-state index contributed by atoms with van der Waals surface area (Å²) in [5.74, 6) is -0.0564. The molecule has 2 aromatic carbocycles. The minimum Gasteiger partial charge on any atom is -0.290 e. The molecule has 2 aromatic heterocycles. The highest BCUT2D eigenvalue weighted by Crippen LogP contribution is 2.26. The van der Waals surface area contributed by atoms with Crippen LogP contribution >= 0.6 is 34.5 Å². The molecule has 134 valence electrons. The molecule has 8 heteroatoms. The van der Waals surface area contributed by atoms with Crippen molar-refractivity contribution in [2.45, 2.75) is 0 Å². The Hall–Kier alpha value is -2.67. The molecule has 0 saturated carbocycles. The van der Waals surface area contributed by atoms with Crippen molar-refractivity contribution in [3.05, 3.63) is 75.6 Å². The van der Waals surface area contributed by atoms with Gasteiger partial charge in [0.2, 0.25) is 4.96 Å². The number of nitrogens with zero attached hydrogens (tertiary/aromatic N) is 3. The molecule has 0 saturated heterocycles. The number of thiazole rings is 1. The van der Waals surface area contributed by atoms with Gasteiger partial charge in [-0.25, -0.2) is 4.52 Å². The van der Waals surface area contributed by atoms with Gasteiger partial charge >= 0.3 is 0 Å². The maximum atomic E-state index is 12.1. The van der Waals surface area contributed by atoms with Gasteiger partial charge in [-0.15, -0.1) is 16.4 Å². The summed E-state index contributed by atoms with van der Waals surface area (Å²) in [7, 11) is 0. The van der Waals surface area contributed by atoms with Gasteiger partial charge in [-0.05, 0) is 35.9 Å². The fourth-order valence-corrected chi connectivity index (χ4v) is 3.53. The van der Waals surface area contributed by atoms with Gasteiger partial charge in [0.15, 0.2) is 0 Å². The molecule has 1 N–H and O–H groups in total. The molecule has 5 nitrogen and oxygen atoms in total. The highest BCUT2D eigenvalue weighted by atomic mass is 35.5. The van der Waals surface area contributed by atoms with Crippen LogP contribution in [0.2, 0.25) is 10.0 Å². The molecule has 0 fully saturated rings. The van der Waals surface area contributed by atoms with Crippen molar-refractivity contribution < 1.29 is 4.79 Å². The largest absolute Gasteiger partial charge is 0.290 e. The van der Waals surface area contributed by atoms with Gasteiger partial charge < -0.3 is 0 Å². The maximum Gasteiger partial charge on any atom is 0.250 e. The molecule has 0 unspecified atom stereocenters. The zero-order valence-electron chi connectivity index (χ0n) is 13.8. The lowest BCUT2D eigenvalue weighted by atomic mass is 10.2. The van der Waals surface area contributed by atoms with E-state index in [1.807, 2.05) is 41.8 Å². The molecule has 0 radical (unpaired) electrons. The molecule has 0 atom stereocenters. The average molecular weight is 415 g/mol. The number of nitrogens with one attached hydrogen (secondary N) is 1. The van der Waals surface area contributed by atoms with Crippen molar-refractivity contribution >= 4 is 57.4 Å². The number of anilines is 1. The second kappa shape index (κ2) is 7.52. The molecule has 27 heavy (non-hydrogen) atoms. The van der Waals surface area contributed by atoms with E-state index in [9.17, 15) is 4.79 Å². The fourth-order valence-electron chi connectivity index (χ4n) is 2.45. The Labute approximate surface area is 168 Å². The summed E-state index contributed by atoms with van der Waals surface area (Å²) in [5, 5.41) is 10.3. The lowest BCUT2D eigenvalue weighted by molar-refractivity contribution is -0.111. The van der Waals surface area contributed by atoms with Crippen molar-refractivity contribution in [1.29, 1.82) is 0 Å². The number of carbonyl (C=O) groups is 1. The molecular formula is C19H12Cl2N4OS. The highest BCUT2D eigenvalue weighted by Gasteiger charge is 2.12. The van der Waals surface area contributed by atoms with Crippen molar-refractivity contribution in [3.8, 4) is 11.3 Å². The first kappa shape index (κ1) is 17.7. The molecule has 1 amide bonds. The van der Waals surface area contributed by atoms with E-state index in [0.717, 1.165) is 16.8 Å². The van der Waals surface area contributed by atoms with E-state index >= 15 is 0 Å². The SMILES string of the molecule is O=C(/C=C/c1ccc(Cl)cc1)Nc1nc2scc(-c3ccc(Cl)cc3)n2n1. The van der Waals surface area contributed by atoms with Gasteiger partial charge in [-0.2, -0.15) is 4.98 Å². The minimum atomic E-state index is -0.309. The van der Waals surface area contributed by atoms with Crippen molar-refractivity contribution in [2.24, 2.45) is 0 Å². The summed E-state index contributed by atoms with van der Waals surface area (Å²) in [4.78, 5) is 17.2. The topological polar surface area (TPSA) is 59.3 Å². The molecule has 0 aliphatic carbocycles. The van der Waals surface area contributed by atoms with Gasteiger partial charge in [0.05, 0.1) is 5.69 Å². The predicted octanol–water partition coefficient (Wildman–Crippen LogP) is 5.42. The van der Waals surface area contributed by atoms with Crippen LogP contribution < -0.4 is 5.32 Å². The van der Waals surface area contributed by atoms with Gasteiger partial charge in [-0.1, -0.05) is 47.5 Å². The van der Waals surface area contributed by atoms with Crippen molar-refractivity contribution in [3.63, 3.8) is 0 Å². The fraction of sp³-hybridized carbons (Fsp3) is 0. The quantitative estimate of drug-likeness (QED) is 0.453. The highest BCUT2D eigenvalue weighted by molar-refractivity contribution is 7.15. The van der Waals surface area contributed by atoms with Crippen LogP contribution in [0.4, 0.5) is 5.95 Å². The van der Waals surface area contributed by atoms with E-state index in [1.165, 1.54) is 17.4 Å². The number of aromatic nitrogens is 3. The summed E-state index contributed by atoms with van der Waals surface area (Å²) in [6.45, 7) is 0. The number of amides is 1. The third-order valence-corrected chi connectivity index (χ3v) is 5.07. The van der Waals surface area contributed by atoms with Gasteiger partial charge in [0.1, 0.15) is 0 Å². The van der Waals surface area contributed by atoms with Crippen molar-refractivity contribution in [1.82, 2.24) is 14.6 Å². The zero-order chi connectivity index (χ0) is 18.8. The molecule has 2 heterocycles. The molecule has 0 aliphatic heterocycles. The van der Waals surface area contributed by atoms with Crippen LogP contribution in [0.3, 0.4) is 0 Å². The monoisotopic (exact) mass is 414 g/mol. The maximum absolute atomic E-state index is 12.1. The normalized spacial score (nSPS) is 11.3. The number of benzene rings is 2. The number of hydrogen-bond acceptors (Lipinski definition) is 4. The standard InChI is InChI=1S/C19H12Cl2N4OS/c20-14-6-1-12(2-7-14)3-10-17(26)22-18-23-19-25(24-18)16(11-27-19)13-4-8-15(21)9-5-13/h1-11H,(H,22,24,26)/b10-3+. The number of rotatable bonds is 4. The van der Waals surface area contributed by atoms with Crippen LogP contribution in [0.25, 0.3) is 22.3 Å². The Bertz CT molecular complexity index is 1130. The molecule has 0 spiro atoms. The van der Waals surface area contributed by atoms with Gasteiger partial charge in [0, 0.05) is 27.1 Å². The van der Waals surface area contributed by atoms with Crippen LogP contribution in [-0.2, 0) is 4.79 Å². The van der Waals surface area contributed by atoms with E-state index < -0.39 is 0 Å². The summed E-state index contributed by atoms with van der Waals surface area (Å²) in [5.41, 5.74) is 2.73. The lowest BCUT2D eigenvalue weighted by Gasteiger charge is -1.99. The summed E-state index contributed by atoms with van der Waals surface area (Å²) in [6.07, 6.45) is 3.13. The van der Waals surface area contributed by atoms with Gasteiger partial charge in [-0.3, -0.25) is 10.1 Å². The second-order valence-electron chi connectivity index (χ2n) is 5.63. The van der Waals surface area contributed by atoms with Crippen molar-refractivity contribution in [2.75, 3.05) is 5.32 Å². The minimum absolute atomic E-state index is 0.253. The van der Waals surface area contributed by atoms with Gasteiger partial charge in [0.25, 0.3) is 11.9 Å². The van der Waals surface area contributed by atoms with Crippen LogP contribution in [0.15, 0.2) is 60.0 Å². The molecule has 0 aliphatic rings. The Morgan fingerprint density at radius 3 is 2.41 bits per heavy atom. The van der Waals surface area contributed by atoms with E-state index in [0.29, 0.717) is 15.0 Å². The van der Waals surface area contributed by atoms with Crippen LogP contribution in [-0.4, -0.2) is 20.5 Å². The smallest absolute Gasteiger partial charge is 0.250 e. The van der Waals surface area contributed by atoms with E-state index in [1.54, 1.807) is 22.7 Å².